The summed E-state index contributed by atoms with van der Waals surface area (Å²) in [5.41, 5.74) is 4.89. The van der Waals surface area contributed by atoms with Gasteiger partial charge in [0.2, 0.25) is 0 Å². The van der Waals surface area contributed by atoms with Crippen molar-refractivity contribution in [2.24, 2.45) is 0 Å². The Morgan fingerprint density at radius 3 is 2.57 bits per heavy atom. The van der Waals surface area contributed by atoms with Crippen molar-refractivity contribution < 1.29 is 4.74 Å². The lowest BCUT2D eigenvalue weighted by Crippen LogP contribution is -2.23. The van der Waals surface area contributed by atoms with E-state index in [9.17, 15) is 0 Å². The van der Waals surface area contributed by atoms with Crippen LogP contribution in [0, 0.1) is 18.6 Å². The Balaban J connectivity index is 1.85. The first kappa shape index (κ1) is 20.4. The zero-order valence-corrected chi connectivity index (χ0v) is 17.7. The summed E-state index contributed by atoms with van der Waals surface area (Å²) < 4.78 is 9.85. The second kappa shape index (κ2) is 9.23. The van der Waals surface area contributed by atoms with Gasteiger partial charge in [-0.1, -0.05) is 23.8 Å². The maximum absolute atomic E-state index is 5.72. The number of hydrogen-bond acceptors (Lipinski definition) is 5. The lowest BCUT2D eigenvalue weighted by Gasteiger charge is -2.18. The Kier molecular flexibility index (Phi) is 6.72. The molecule has 0 unspecified atom stereocenters. The summed E-state index contributed by atoms with van der Waals surface area (Å²) in [7, 11) is 3.78. The van der Waals surface area contributed by atoms with E-state index in [0.717, 1.165) is 17.9 Å². The quantitative estimate of drug-likeness (QED) is 0.541. The fraction of sp³-hybridized carbons (Fsp3) is 0.381. The fourth-order valence-corrected chi connectivity index (χ4v) is 3.50. The molecule has 3 rings (SSSR count). The van der Waals surface area contributed by atoms with Gasteiger partial charge < -0.3 is 4.74 Å². The van der Waals surface area contributed by atoms with Crippen molar-refractivity contribution in [1.82, 2.24) is 24.2 Å². The number of methoxy groups -OCH3 is 1. The number of nitrogens with zero attached hydrogens (tertiary/aromatic N) is 5. The molecule has 0 atom stereocenters. The van der Waals surface area contributed by atoms with Crippen LogP contribution in [0.5, 0.6) is 0 Å². The molecule has 0 saturated carbocycles. The van der Waals surface area contributed by atoms with Crippen LogP contribution in [-0.2, 0) is 24.5 Å². The van der Waals surface area contributed by atoms with Gasteiger partial charge in [-0.05, 0) is 56.4 Å². The molecule has 0 saturated heterocycles. The SMILES string of the molecule is COCCn1c(-c2ccncc2)nn(CN(C)Cc2ccc(C)cc2C)c1=S. The maximum atomic E-state index is 5.72. The summed E-state index contributed by atoms with van der Waals surface area (Å²) in [6, 6.07) is 10.5. The van der Waals surface area contributed by atoms with Crippen LogP contribution in [0.4, 0.5) is 0 Å². The highest BCUT2D eigenvalue weighted by molar-refractivity contribution is 7.71. The summed E-state index contributed by atoms with van der Waals surface area (Å²) in [6.07, 6.45) is 3.54. The Hall–Kier alpha value is -2.35. The molecule has 0 amide bonds. The molecule has 7 heteroatoms. The van der Waals surface area contributed by atoms with Crippen LogP contribution in [0.3, 0.4) is 0 Å². The van der Waals surface area contributed by atoms with Gasteiger partial charge in [0.15, 0.2) is 10.6 Å². The predicted octanol–water partition coefficient (Wildman–Crippen LogP) is 3.83. The Morgan fingerprint density at radius 1 is 1.14 bits per heavy atom. The van der Waals surface area contributed by atoms with Crippen LogP contribution in [0.1, 0.15) is 16.7 Å². The Morgan fingerprint density at radius 2 is 1.89 bits per heavy atom. The monoisotopic (exact) mass is 397 g/mol. The molecule has 0 aliphatic carbocycles. The highest BCUT2D eigenvalue weighted by atomic mass is 32.1. The average Bonchev–Trinajstić information content (AvgIpc) is 2.98. The molecule has 0 N–H and O–H groups in total. The van der Waals surface area contributed by atoms with Gasteiger partial charge >= 0.3 is 0 Å². The van der Waals surface area contributed by atoms with E-state index in [1.165, 1.54) is 16.7 Å². The molecule has 1 aromatic carbocycles. The van der Waals surface area contributed by atoms with Crippen molar-refractivity contribution in [3.8, 4) is 11.4 Å². The zero-order valence-electron chi connectivity index (χ0n) is 16.9. The van der Waals surface area contributed by atoms with E-state index in [1.54, 1.807) is 19.5 Å². The largest absolute Gasteiger partial charge is 0.383 e. The van der Waals surface area contributed by atoms with Crippen LogP contribution in [0.25, 0.3) is 11.4 Å². The zero-order chi connectivity index (χ0) is 20.1. The number of pyridine rings is 1. The normalized spacial score (nSPS) is 11.3. The highest BCUT2D eigenvalue weighted by Crippen LogP contribution is 2.18. The first-order valence-electron chi connectivity index (χ1n) is 9.31. The minimum atomic E-state index is 0.580. The molecule has 2 aromatic heterocycles. The molecule has 2 heterocycles. The molecule has 0 aliphatic rings. The number of aryl methyl sites for hydroxylation is 2. The van der Waals surface area contributed by atoms with Crippen molar-refractivity contribution in [2.45, 2.75) is 33.6 Å². The van der Waals surface area contributed by atoms with E-state index in [4.69, 9.17) is 22.1 Å². The Labute approximate surface area is 171 Å². The van der Waals surface area contributed by atoms with Gasteiger partial charge in [-0.3, -0.25) is 14.5 Å². The van der Waals surface area contributed by atoms with Gasteiger partial charge in [0, 0.05) is 31.6 Å². The first-order valence-corrected chi connectivity index (χ1v) is 9.72. The molecule has 6 nitrogen and oxygen atoms in total. The third-order valence-electron chi connectivity index (χ3n) is 4.69. The highest BCUT2D eigenvalue weighted by Gasteiger charge is 2.14. The average molecular weight is 398 g/mol. The van der Waals surface area contributed by atoms with E-state index >= 15 is 0 Å². The number of rotatable bonds is 8. The van der Waals surface area contributed by atoms with E-state index in [1.807, 2.05) is 21.4 Å². The number of hydrogen-bond donors (Lipinski definition) is 0. The van der Waals surface area contributed by atoms with Crippen LogP contribution in [0.2, 0.25) is 0 Å². The first-order chi connectivity index (χ1) is 13.5. The third kappa shape index (κ3) is 4.73. The van der Waals surface area contributed by atoms with Gasteiger partial charge in [-0.25, -0.2) is 4.68 Å². The van der Waals surface area contributed by atoms with Crippen LogP contribution < -0.4 is 0 Å². The van der Waals surface area contributed by atoms with E-state index in [0.29, 0.717) is 24.6 Å². The second-order valence-corrected chi connectivity index (χ2v) is 7.44. The number of aromatic nitrogens is 4. The molecule has 0 bridgehead atoms. The van der Waals surface area contributed by atoms with E-state index in [-0.39, 0.29) is 0 Å². The summed E-state index contributed by atoms with van der Waals surface area (Å²) >= 11 is 5.72. The van der Waals surface area contributed by atoms with Crippen LogP contribution in [0.15, 0.2) is 42.7 Å². The standard InChI is InChI=1S/C21H27N5OS/c1-16-5-6-19(17(2)13-16)14-24(3)15-26-21(28)25(11-12-27-4)20(23-26)18-7-9-22-10-8-18/h5-10,13H,11-12,14-15H2,1-4H3. The minimum absolute atomic E-state index is 0.580. The second-order valence-electron chi connectivity index (χ2n) is 7.07. The van der Waals surface area contributed by atoms with Crippen molar-refractivity contribution in [2.75, 3.05) is 20.8 Å². The Bertz CT molecular complexity index is 980. The summed E-state index contributed by atoms with van der Waals surface area (Å²) in [6.45, 7) is 6.97. The molecule has 0 fully saturated rings. The van der Waals surface area contributed by atoms with Crippen molar-refractivity contribution >= 4 is 12.2 Å². The minimum Gasteiger partial charge on any atom is -0.383 e. The summed E-state index contributed by atoms with van der Waals surface area (Å²) in [4.78, 5) is 6.32. The fourth-order valence-electron chi connectivity index (χ4n) is 3.22. The van der Waals surface area contributed by atoms with Crippen molar-refractivity contribution in [1.29, 1.82) is 0 Å². The number of benzene rings is 1. The molecule has 0 spiro atoms. The molecule has 148 valence electrons. The number of ether oxygens (including phenoxy) is 1. The van der Waals surface area contributed by atoms with Gasteiger partial charge in [0.05, 0.1) is 19.8 Å². The molecule has 0 radical (unpaired) electrons. The van der Waals surface area contributed by atoms with Gasteiger partial charge in [0.25, 0.3) is 0 Å². The van der Waals surface area contributed by atoms with Gasteiger partial charge in [0.1, 0.15) is 0 Å². The van der Waals surface area contributed by atoms with Crippen LogP contribution >= 0.6 is 12.2 Å². The van der Waals surface area contributed by atoms with Crippen molar-refractivity contribution in [3.05, 3.63) is 64.2 Å². The maximum Gasteiger partial charge on any atom is 0.199 e. The van der Waals surface area contributed by atoms with Gasteiger partial charge in [-0.2, -0.15) is 5.10 Å². The topological polar surface area (TPSA) is 48.1 Å². The molecule has 28 heavy (non-hydrogen) atoms. The summed E-state index contributed by atoms with van der Waals surface area (Å²) in [5.74, 6) is 0.837. The third-order valence-corrected chi connectivity index (χ3v) is 5.13. The van der Waals surface area contributed by atoms with E-state index < -0.39 is 0 Å². The molecular formula is C21H27N5OS. The predicted molar refractivity (Wildman–Crippen MR) is 114 cm³/mol. The van der Waals surface area contributed by atoms with E-state index in [2.05, 4.69) is 49.0 Å². The lowest BCUT2D eigenvalue weighted by molar-refractivity contribution is 0.186. The molecule has 0 aliphatic heterocycles. The smallest absolute Gasteiger partial charge is 0.199 e. The molecule has 3 aromatic rings. The lowest BCUT2D eigenvalue weighted by atomic mass is 10.1. The van der Waals surface area contributed by atoms with Crippen LogP contribution in [-0.4, -0.2) is 45.0 Å². The van der Waals surface area contributed by atoms with Gasteiger partial charge in [-0.15, -0.1) is 0 Å². The summed E-state index contributed by atoms with van der Waals surface area (Å²) in [5, 5.41) is 4.80. The van der Waals surface area contributed by atoms with Crippen molar-refractivity contribution in [3.63, 3.8) is 0 Å². The molecular weight excluding hydrogens is 370 g/mol.